The van der Waals surface area contributed by atoms with E-state index in [4.69, 9.17) is 0 Å². The first-order chi connectivity index (χ1) is 8.15. The van der Waals surface area contributed by atoms with Gasteiger partial charge < -0.3 is 5.32 Å². The van der Waals surface area contributed by atoms with Gasteiger partial charge in [-0.25, -0.2) is 4.98 Å². The lowest BCUT2D eigenvalue weighted by atomic mass is 10.2. The van der Waals surface area contributed by atoms with E-state index in [-0.39, 0.29) is 0 Å². The number of rotatable bonds is 5. The van der Waals surface area contributed by atoms with Gasteiger partial charge in [-0.1, -0.05) is 0 Å². The predicted octanol–water partition coefficient (Wildman–Crippen LogP) is 2.08. The normalized spacial score (nSPS) is 12.9. The third-order valence-electron chi connectivity index (χ3n) is 2.70. The van der Waals surface area contributed by atoms with Gasteiger partial charge in [0, 0.05) is 24.7 Å². The van der Waals surface area contributed by atoms with Crippen LogP contribution in [0, 0.1) is 6.92 Å². The number of aromatic nitrogens is 3. The van der Waals surface area contributed by atoms with Crippen LogP contribution in [0.2, 0.25) is 0 Å². The lowest BCUT2D eigenvalue weighted by molar-refractivity contribution is 0.566. The molecule has 0 aliphatic carbocycles. The SMILES string of the molecule is Cc1nc(C(C)NCCc2cnn(C)c2)cs1. The van der Waals surface area contributed by atoms with Crippen molar-refractivity contribution in [3.05, 3.63) is 34.0 Å². The van der Waals surface area contributed by atoms with Crippen LogP contribution in [0.25, 0.3) is 0 Å². The molecule has 0 aliphatic rings. The molecule has 2 aromatic rings. The molecule has 2 rings (SSSR count). The Kier molecular flexibility index (Phi) is 3.91. The van der Waals surface area contributed by atoms with E-state index in [1.165, 1.54) is 5.56 Å². The van der Waals surface area contributed by atoms with Crippen LogP contribution in [0.4, 0.5) is 0 Å². The molecular formula is C12H18N4S. The van der Waals surface area contributed by atoms with Crippen molar-refractivity contribution in [2.75, 3.05) is 6.54 Å². The molecule has 0 saturated heterocycles. The van der Waals surface area contributed by atoms with Gasteiger partial charge in [0.05, 0.1) is 16.9 Å². The Morgan fingerprint density at radius 2 is 2.35 bits per heavy atom. The van der Waals surface area contributed by atoms with Gasteiger partial charge in [0.25, 0.3) is 0 Å². The summed E-state index contributed by atoms with van der Waals surface area (Å²) in [4.78, 5) is 4.48. The zero-order chi connectivity index (χ0) is 12.3. The van der Waals surface area contributed by atoms with Crippen LogP contribution >= 0.6 is 11.3 Å². The first-order valence-electron chi connectivity index (χ1n) is 5.78. The average molecular weight is 250 g/mol. The molecule has 0 aromatic carbocycles. The first kappa shape index (κ1) is 12.3. The zero-order valence-electron chi connectivity index (χ0n) is 10.5. The van der Waals surface area contributed by atoms with Crippen molar-refractivity contribution in [2.45, 2.75) is 26.3 Å². The van der Waals surface area contributed by atoms with Gasteiger partial charge in [-0.05, 0) is 32.4 Å². The third-order valence-corrected chi connectivity index (χ3v) is 3.49. The third kappa shape index (κ3) is 3.38. The minimum Gasteiger partial charge on any atom is -0.308 e. The van der Waals surface area contributed by atoms with E-state index in [0.717, 1.165) is 23.7 Å². The van der Waals surface area contributed by atoms with Crippen molar-refractivity contribution < 1.29 is 0 Å². The molecule has 0 fully saturated rings. The molecule has 2 heterocycles. The van der Waals surface area contributed by atoms with Crippen LogP contribution in [-0.4, -0.2) is 21.3 Å². The molecule has 0 aliphatic heterocycles. The Bertz CT molecular complexity index is 474. The van der Waals surface area contributed by atoms with E-state index in [2.05, 4.69) is 33.9 Å². The molecule has 1 unspecified atom stereocenters. The predicted molar refractivity (Wildman–Crippen MR) is 70.2 cm³/mol. The van der Waals surface area contributed by atoms with E-state index < -0.39 is 0 Å². The number of thiazole rings is 1. The quantitative estimate of drug-likeness (QED) is 0.883. The summed E-state index contributed by atoms with van der Waals surface area (Å²) in [6.07, 6.45) is 4.97. The summed E-state index contributed by atoms with van der Waals surface area (Å²) in [5.74, 6) is 0. The maximum absolute atomic E-state index is 4.48. The Morgan fingerprint density at radius 1 is 1.53 bits per heavy atom. The van der Waals surface area contributed by atoms with E-state index in [0.29, 0.717) is 6.04 Å². The van der Waals surface area contributed by atoms with Gasteiger partial charge in [-0.2, -0.15) is 5.10 Å². The summed E-state index contributed by atoms with van der Waals surface area (Å²) in [6.45, 7) is 5.14. The number of nitrogens with one attached hydrogen (secondary N) is 1. The fourth-order valence-corrected chi connectivity index (χ4v) is 2.42. The fraction of sp³-hybridized carbons (Fsp3) is 0.500. The maximum atomic E-state index is 4.48. The highest BCUT2D eigenvalue weighted by atomic mass is 32.1. The largest absolute Gasteiger partial charge is 0.308 e. The number of hydrogen-bond donors (Lipinski definition) is 1. The Labute approximate surface area is 106 Å². The molecule has 0 spiro atoms. The highest BCUT2D eigenvalue weighted by molar-refractivity contribution is 7.09. The summed E-state index contributed by atoms with van der Waals surface area (Å²) in [6, 6.07) is 0.316. The lowest BCUT2D eigenvalue weighted by Gasteiger charge is -2.10. The molecule has 0 amide bonds. The monoisotopic (exact) mass is 250 g/mol. The lowest BCUT2D eigenvalue weighted by Crippen LogP contribution is -2.21. The summed E-state index contributed by atoms with van der Waals surface area (Å²) in [5.41, 5.74) is 2.40. The molecular weight excluding hydrogens is 232 g/mol. The van der Waals surface area contributed by atoms with Crippen molar-refractivity contribution in [3.8, 4) is 0 Å². The van der Waals surface area contributed by atoms with E-state index in [9.17, 15) is 0 Å². The molecule has 17 heavy (non-hydrogen) atoms. The minimum atomic E-state index is 0.316. The van der Waals surface area contributed by atoms with E-state index in [1.807, 2.05) is 24.9 Å². The summed E-state index contributed by atoms with van der Waals surface area (Å²) < 4.78 is 1.84. The molecule has 92 valence electrons. The Balaban J connectivity index is 1.78. The van der Waals surface area contributed by atoms with Gasteiger partial charge in [-0.3, -0.25) is 4.68 Å². The van der Waals surface area contributed by atoms with E-state index in [1.54, 1.807) is 11.3 Å². The Hall–Kier alpha value is -1.20. The molecule has 0 bridgehead atoms. The van der Waals surface area contributed by atoms with Crippen LogP contribution < -0.4 is 5.32 Å². The topological polar surface area (TPSA) is 42.7 Å². The number of aryl methyl sites for hydroxylation is 2. The van der Waals surface area contributed by atoms with Crippen LogP contribution in [0.15, 0.2) is 17.8 Å². The van der Waals surface area contributed by atoms with Crippen molar-refractivity contribution in [3.63, 3.8) is 0 Å². The molecule has 4 nitrogen and oxygen atoms in total. The summed E-state index contributed by atoms with van der Waals surface area (Å²) in [7, 11) is 1.94. The van der Waals surface area contributed by atoms with Gasteiger partial charge in [-0.15, -0.1) is 11.3 Å². The maximum Gasteiger partial charge on any atom is 0.0898 e. The number of nitrogens with zero attached hydrogens (tertiary/aromatic N) is 3. The van der Waals surface area contributed by atoms with Gasteiger partial charge in [0.1, 0.15) is 0 Å². The van der Waals surface area contributed by atoms with Crippen LogP contribution in [-0.2, 0) is 13.5 Å². The number of hydrogen-bond acceptors (Lipinski definition) is 4. The minimum absolute atomic E-state index is 0.316. The molecule has 1 N–H and O–H groups in total. The second kappa shape index (κ2) is 5.42. The second-order valence-electron chi connectivity index (χ2n) is 4.24. The highest BCUT2D eigenvalue weighted by Gasteiger charge is 2.07. The van der Waals surface area contributed by atoms with E-state index >= 15 is 0 Å². The van der Waals surface area contributed by atoms with Crippen LogP contribution in [0.5, 0.6) is 0 Å². The summed E-state index contributed by atoms with van der Waals surface area (Å²) >= 11 is 1.70. The molecule has 0 radical (unpaired) electrons. The van der Waals surface area contributed by atoms with Gasteiger partial charge in [0.2, 0.25) is 0 Å². The molecule has 0 saturated carbocycles. The Morgan fingerprint density at radius 3 is 2.94 bits per heavy atom. The first-order valence-corrected chi connectivity index (χ1v) is 6.66. The highest BCUT2D eigenvalue weighted by Crippen LogP contribution is 2.15. The molecule has 2 aromatic heterocycles. The molecule has 5 heteroatoms. The van der Waals surface area contributed by atoms with Crippen molar-refractivity contribution in [1.82, 2.24) is 20.1 Å². The van der Waals surface area contributed by atoms with Gasteiger partial charge in [0.15, 0.2) is 0 Å². The second-order valence-corrected chi connectivity index (χ2v) is 5.30. The zero-order valence-corrected chi connectivity index (χ0v) is 11.3. The smallest absolute Gasteiger partial charge is 0.0898 e. The van der Waals surface area contributed by atoms with Crippen molar-refractivity contribution >= 4 is 11.3 Å². The van der Waals surface area contributed by atoms with Crippen molar-refractivity contribution in [2.24, 2.45) is 7.05 Å². The molecule has 1 atom stereocenters. The summed E-state index contributed by atoms with van der Waals surface area (Å²) in [5, 5.41) is 10.9. The van der Waals surface area contributed by atoms with Gasteiger partial charge >= 0.3 is 0 Å². The van der Waals surface area contributed by atoms with Crippen LogP contribution in [0.3, 0.4) is 0 Å². The average Bonchev–Trinajstić information content (AvgIpc) is 2.88. The van der Waals surface area contributed by atoms with Crippen LogP contribution in [0.1, 0.15) is 29.2 Å². The standard InChI is InChI=1S/C12H18N4S/c1-9(12-8-17-10(2)15-12)13-5-4-11-6-14-16(3)7-11/h6-9,13H,4-5H2,1-3H3. The fourth-order valence-electron chi connectivity index (χ4n) is 1.72. The van der Waals surface area contributed by atoms with Crippen molar-refractivity contribution in [1.29, 1.82) is 0 Å².